The van der Waals surface area contributed by atoms with Gasteiger partial charge in [0.1, 0.15) is 5.84 Å². The highest BCUT2D eigenvalue weighted by Crippen LogP contribution is 2.14. The van der Waals surface area contributed by atoms with Gasteiger partial charge in [0.2, 0.25) is 5.89 Å². The summed E-state index contributed by atoms with van der Waals surface area (Å²) in [4.78, 5) is 4.13. The molecule has 112 valence electrons. The Morgan fingerprint density at radius 3 is 2.81 bits per heavy atom. The van der Waals surface area contributed by atoms with Crippen LogP contribution in [0.5, 0.6) is 0 Å². The van der Waals surface area contributed by atoms with E-state index in [1.165, 1.54) is 0 Å². The Hall–Kier alpha value is -2.41. The lowest BCUT2D eigenvalue weighted by Crippen LogP contribution is -2.32. The van der Waals surface area contributed by atoms with Crippen LogP contribution in [0.1, 0.15) is 23.2 Å². The lowest BCUT2D eigenvalue weighted by atomic mass is 9.98. The fourth-order valence-electron chi connectivity index (χ4n) is 2.03. The highest BCUT2D eigenvalue weighted by molar-refractivity contribution is 5.87. The lowest BCUT2D eigenvalue weighted by Gasteiger charge is -2.16. The van der Waals surface area contributed by atoms with Gasteiger partial charge in [-0.05, 0) is 12.5 Å². The van der Waals surface area contributed by atoms with E-state index in [0.717, 1.165) is 5.56 Å². The van der Waals surface area contributed by atoms with Gasteiger partial charge in [0.05, 0.1) is 5.92 Å². The molecule has 0 fully saturated rings. The van der Waals surface area contributed by atoms with Crippen molar-refractivity contribution in [3.05, 3.63) is 47.6 Å². The summed E-state index contributed by atoms with van der Waals surface area (Å²) in [6.45, 7) is 3.01. The molecule has 0 aliphatic rings. The normalized spacial score (nSPS) is 13.3. The van der Waals surface area contributed by atoms with E-state index in [0.29, 0.717) is 31.2 Å². The van der Waals surface area contributed by atoms with Crippen molar-refractivity contribution < 1.29 is 9.73 Å². The monoisotopic (exact) mass is 289 g/mol. The zero-order chi connectivity index (χ0) is 15.1. The third-order valence-corrected chi connectivity index (χ3v) is 3.11. The highest BCUT2D eigenvalue weighted by Gasteiger charge is 2.16. The van der Waals surface area contributed by atoms with Crippen molar-refractivity contribution in [1.82, 2.24) is 15.5 Å². The molecule has 1 heterocycles. The second kappa shape index (κ2) is 7.39. The van der Waals surface area contributed by atoms with Crippen molar-refractivity contribution in [3.8, 4) is 0 Å². The summed E-state index contributed by atoms with van der Waals surface area (Å²) in [5.41, 5.74) is 6.76. The number of nitrogens with zero attached hydrogens (tertiary/aromatic N) is 3. The zero-order valence-corrected chi connectivity index (χ0v) is 11.9. The highest BCUT2D eigenvalue weighted by atomic mass is 16.5. The van der Waals surface area contributed by atoms with Gasteiger partial charge < -0.3 is 20.8 Å². The number of amidine groups is 1. The van der Waals surface area contributed by atoms with E-state index in [4.69, 9.17) is 15.5 Å². The van der Waals surface area contributed by atoms with Crippen LogP contribution < -0.4 is 11.1 Å². The van der Waals surface area contributed by atoms with Crippen molar-refractivity contribution >= 4 is 5.84 Å². The maximum Gasteiger partial charge on any atom is 0.227 e. The maximum atomic E-state index is 8.91. The maximum absolute atomic E-state index is 8.91. The van der Waals surface area contributed by atoms with Gasteiger partial charge in [0.15, 0.2) is 5.82 Å². The molecule has 21 heavy (non-hydrogen) atoms. The fraction of sp³-hybridized carbons (Fsp3) is 0.357. The quantitative estimate of drug-likeness (QED) is 0.231. The van der Waals surface area contributed by atoms with Crippen LogP contribution in [0.15, 0.2) is 40.0 Å². The molecular weight excluding hydrogens is 270 g/mol. The van der Waals surface area contributed by atoms with Crippen molar-refractivity contribution in [2.45, 2.75) is 19.3 Å². The molecule has 1 atom stereocenters. The number of hydrogen-bond donors (Lipinski definition) is 3. The minimum absolute atomic E-state index is 0.180. The molecule has 0 aliphatic carbocycles. The molecule has 0 amide bonds. The summed E-state index contributed by atoms with van der Waals surface area (Å²) >= 11 is 0. The molecule has 0 bridgehead atoms. The number of benzene rings is 1. The first kappa shape index (κ1) is 15.0. The van der Waals surface area contributed by atoms with E-state index in [1.807, 2.05) is 30.3 Å². The Balaban J connectivity index is 1.88. The first-order valence-corrected chi connectivity index (χ1v) is 6.73. The van der Waals surface area contributed by atoms with Gasteiger partial charge in [0, 0.05) is 19.5 Å². The standard InChI is InChI=1S/C14H19N5O2/c1-10-17-13(21-19-10)7-8-16-9-12(14(15)18-20)11-5-3-2-4-6-11/h2-6,12,16,20H,7-9H2,1H3,(H2,15,18). The fourth-order valence-corrected chi connectivity index (χ4v) is 2.03. The summed E-state index contributed by atoms with van der Waals surface area (Å²) in [5.74, 6) is 1.23. The van der Waals surface area contributed by atoms with E-state index < -0.39 is 0 Å². The third kappa shape index (κ3) is 4.28. The molecule has 7 heteroatoms. The topological polar surface area (TPSA) is 110 Å². The number of oxime groups is 1. The number of hydrogen-bond acceptors (Lipinski definition) is 6. The zero-order valence-electron chi connectivity index (χ0n) is 11.9. The van der Waals surface area contributed by atoms with Gasteiger partial charge >= 0.3 is 0 Å². The molecule has 0 radical (unpaired) electrons. The average molecular weight is 289 g/mol. The molecule has 1 aromatic heterocycles. The average Bonchev–Trinajstić information content (AvgIpc) is 2.93. The van der Waals surface area contributed by atoms with Gasteiger partial charge in [-0.25, -0.2) is 0 Å². The Bertz CT molecular complexity index is 582. The van der Waals surface area contributed by atoms with E-state index >= 15 is 0 Å². The number of aromatic nitrogens is 2. The van der Waals surface area contributed by atoms with Gasteiger partial charge in [-0.2, -0.15) is 4.98 Å². The summed E-state index contributed by atoms with van der Waals surface area (Å²) in [7, 11) is 0. The first-order valence-electron chi connectivity index (χ1n) is 6.73. The van der Waals surface area contributed by atoms with Crippen LogP contribution >= 0.6 is 0 Å². The van der Waals surface area contributed by atoms with Crippen molar-refractivity contribution in [2.24, 2.45) is 10.9 Å². The Labute approximate surface area is 122 Å². The van der Waals surface area contributed by atoms with Crippen molar-refractivity contribution in [3.63, 3.8) is 0 Å². The van der Waals surface area contributed by atoms with Crippen LogP contribution in [0.4, 0.5) is 0 Å². The number of rotatable bonds is 7. The third-order valence-electron chi connectivity index (χ3n) is 3.11. The van der Waals surface area contributed by atoms with Crippen LogP contribution in [0.2, 0.25) is 0 Å². The van der Waals surface area contributed by atoms with Crippen LogP contribution in [0.3, 0.4) is 0 Å². The molecule has 2 rings (SSSR count). The SMILES string of the molecule is Cc1noc(CCNCC(/C(N)=N/O)c2ccccc2)n1. The Morgan fingerprint density at radius 2 is 2.19 bits per heavy atom. The molecule has 4 N–H and O–H groups in total. The van der Waals surface area contributed by atoms with Gasteiger partial charge in [-0.3, -0.25) is 0 Å². The van der Waals surface area contributed by atoms with Crippen molar-refractivity contribution in [1.29, 1.82) is 0 Å². The molecule has 0 saturated carbocycles. The summed E-state index contributed by atoms with van der Waals surface area (Å²) in [6, 6.07) is 9.68. The number of nitrogens with one attached hydrogen (secondary N) is 1. The minimum atomic E-state index is -0.180. The molecule has 0 spiro atoms. The molecule has 1 unspecified atom stereocenters. The predicted octanol–water partition coefficient (Wildman–Crippen LogP) is 1.04. The molecule has 2 aromatic rings. The smallest absolute Gasteiger partial charge is 0.227 e. The molecule has 0 saturated heterocycles. The minimum Gasteiger partial charge on any atom is -0.409 e. The van der Waals surface area contributed by atoms with Crippen LogP contribution in [0.25, 0.3) is 0 Å². The van der Waals surface area contributed by atoms with E-state index in [1.54, 1.807) is 6.92 Å². The van der Waals surface area contributed by atoms with Gasteiger partial charge in [-0.1, -0.05) is 40.6 Å². The Morgan fingerprint density at radius 1 is 1.43 bits per heavy atom. The summed E-state index contributed by atoms with van der Waals surface area (Å²) < 4.78 is 5.04. The second-order valence-corrected chi connectivity index (χ2v) is 4.68. The number of aryl methyl sites for hydroxylation is 1. The predicted molar refractivity (Wildman–Crippen MR) is 78.2 cm³/mol. The first-order chi connectivity index (χ1) is 10.2. The molecule has 0 aliphatic heterocycles. The molecular formula is C14H19N5O2. The summed E-state index contributed by atoms with van der Waals surface area (Å²) in [5, 5.41) is 19.0. The van der Waals surface area contributed by atoms with E-state index in [2.05, 4.69) is 20.6 Å². The van der Waals surface area contributed by atoms with Crippen LogP contribution in [-0.2, 0) is 6.42 Å². The van der Waals surface area contributed by atoms with Gasteiger partial charge in [0.25, 0.3) is 0 Å². The Kier molecular flexibility index (Phi) is 5.28. The van der Waals surface area contributed by atoms with E-state index in [9.17, 15) is 0 Å². The second-order valence-electron chi connectivity index (χ2n) is 4.68. The largest absolute Gasteiger partial charge is 0.409 e. The molecule has 7 nitrogen and oxygen atoms in total. The molecule has 1 aromatic carbocycles. The van der Waals surface area contributed by atoms with Crippen LogP contribution in [-0.4, -0.2) is 34.3 Å². The van der Waals surface area contributed by atoms with E-state index in [-0.39, 0.29) is 11.8 Å². The number of nitrogens with two attached hydrogens (primary N) is 1. The summed E-state index contributed by atoms with van der Waals surface area (Å²) in [6.07, 6.45) is 0.637. The van der Waals surface area contributed by atoms with Gasteiger partial charge in [-0.15, -0.1) is 0 Å². The lowest BCUT2D eigenvalue weighted by molar-refractivity contribution is 0.315. The van der Waals surface area contributed by atoms with Crippen molar-refractivity contribution in [2.75, 3.05) is 13.1 Å². The van der Waals surface area contributed by atoms with Crippen LogP contribution in [0, 0.1) is 6.92 Å².